The average molecular weight is 234 g/mol. The first-order valence-electron chi connectivity index (χ1n) is 5.25. The van der Waals surface area contributed by atoms with Gasteiger partial charge in [0.15, 0.2) is 0 Å². The minimum Gasteiger partial charge on any atom is -0.420 e. The molecule has 0 N–H and O–H groups in total. The van der Waals surface area contributed by atoms with E-state index in [4.69, 9.17) is 4.42 Å². The van der Waals surface area contributed by atoms with Crippen LogP contribution in [0.15, 0.2) is 34.7 Å². The van der Waals surface area contributed by atoms with Crippen molar-refractivity contribution in [2.45, 2.75) is 24.9 Å². The minimum atomic E-state index is 0.576. The summed E-state index contributed by atoms with van der Waals surface area (Å²) < 4.78 is 5.58. The fraction of sp³-hybridized carbons (Fsp3) is 0.333. The number of rotatable bonds is 4. The highest BCUT2D eigenvalue weighted by atomic mass is 32.2. The quantitative estimate of drug-likeness (QED) is 0.813. The lowest BCUT2D eigenvalue weighted by Crippen LogP contribution is -1.88. The summed E-state index contributed by atoms with van der Waals surface area (Å²) in [6, 6.07) is 9.82. The Hall–Kier alpha value is -1.29. The number of hydrogen-bond acceptors (Lipinski definition) is 4. The van der Waals surface area contributed by atoms with E-state index in [1.54, 1.807) is 11.8 Å². The molecule has 0 aliphatic heterocycles. The normalized spacial score (nSPS) is 10.9. The Labute approximate surface area is 99.3 Å². The Balaban J connectivity index is 2.08. The second kappa shape index (κ2) is 5.16. The molecule has 1 heterocycles. The van der Waals surface area contributed by atoms with Crippen LogP contribution in [-0.4, -0.2) is 15.4 Å². The van der Waals surface area contributed by atoms with Gasteiger partial charge in [0.05, 0.1) is 5.75 Å². The zero-order valence-corrected chi connectivity index (χ0v) is 10.2. The van der Waals surface area contributed by atoms with Gasteiger partial charge in [-0.3, -0.25) is 0 Å². The third kappa shape index (κ3) is 2.85. The van der Waals surface area contributed by atoms with Crippen LogP contribution in [0.1, 0.15) is 19.7 Å². The van der Waals surface area contributed by atoms with Crippen LogP contribution in [-0.2, 0) is 5.75 Å². The lowest BCUT2D eigenvalue weighted by atomic mass is 10.2. The van der Waals surface area contributed by atoms with Crippen molar-refractivity contribution in [2.75, 3.05) is 0 Å². The van der Waals surface area contributed by atoms with E-state index in [-0.39, 0.29) is 0 Å². The van der Waals surface area contributed by atoms with Crippen LogP contribution in [0, 0.1) is 0 Å². The van der Waals surface area contributed by atoms with Crippen molar-refractivity contribution in [3.05, 3.63) is 36.2 Å². The van der Waals surface area contributed by atoms with Gasteiger partial charge >= 0.3 is 0 Å². The lowest BCUT2D eigenvalue weighted by Gasteiger charge is -1.99. The molecule has 84 valence electrons. The Bertz CT molecular complexity index is 439. The largest absolute Gasteiger partial charge is 0.420 e. The number of hydrogen-bond donors (Lipinski definition) is 0. The standard InChI is InChI=1S/C12H14N2OS/c1-9(2)16-8-11-13-14-12(15-11)10-6-4-3-5-7-10/h3-7,9H,8H2,1-2H3. The van der Waals surface area contributed by atoms with Crippen LogP contribution in [0.4, 0.5) is 0 Å². The monoisotopic (exact) mass is 234 g/mol. The van der Waals surface area contributed by atoms with Crippen molar-refractivity contribution >= 4 is 11.8 Å². The first kappa shape index (κ1) is 11.2. The summed E-state index contributed by atoms with van der Waals surface area (Å²) in [5.74, 6) is 2.06. The summed E-state index contributed by atoms with van der Waals surface area (Å²) in [6.07, 6.45) is 0. The second-order valence-electron chi connectivity index (χ2n) is 3.73. The predicted molar refractivity (Wildman–Crippen MR) is 66.2 cm³/mol. The highest BCUT2D eigenvalue weighted by Crippen LogP contribution is 2.20. The third-order valence-corrected chi connectivity index (χ3v) is 3.11. The van der Waals surface area contributed by atoms with Crippen LogP contribution in [0.5, 0.6) is 0 Å². The Morgan fingerprint density at radius 1 is 1.19 bits per heavy atom. The summed E-state index contributed by atoms with van der Waals surface area (Å²) in [5.41, 5.74) is 0.968. The van der Waals surface area contributed by atoms with Gasteiger partial charge < -0.3 is 4.42 Å². The first-order valence-corrected chi connectivity index (χ1v) is 6.30. The zero-order chi connectivity index (χ0) is 11.4. The highest BCUT2D eigenvalue weighted by Gasteiger charge is 2.08. The Morgan fingerprint density at radius 3 is 2.62 bits per heavy atom. The zero-order valence-electron chi connectivity index (χ0n) is 9.38. The maximum absolute atomic E-state index is 5.58. The smallest absolute Gasteiger partial charge is 0.247 e. The van der Waals surface area contributed by atoms with E-state index in [1.807, 2.05) is 30.3 Å². The SMILES string of the molecule is CC(C)SCc1nnc(-c2ccccc2)o1. The molecule has 0 radical (unpaired) electrons. The number of nitrogens with zero attached hydrogens (tertiary/aromatic N) is 2. The molecule has 0 aliphatic rings. The van der Waals surface area contributed by atoms with E-state index < -0.39 is 0 Å². The minimum absolute atomic E-state index is 0.576. The third-order valence-electron chi connectivity index (χ3n) is 2.03. The molecule has 0 bridgehead atoms. The average Bonchev–Trinajstić information content (AvgIpc) is 2.76. The molecule has 0 saturated heterocycles. The number of thioether (sulfide) groups is 1. The molecule has 0 amide bonds. The van der Waals surface area contributed by atoms with Gasteiger partial charge in [0.1, 0.15) is 0 Å². The summed E-state index contributed by atoms with van der Waals surface area (Å²) in [6.45, 7) is 4.30. The molecular formula is C12H14N2OS. The fourth-order valence-electron chi connectivity index (χ4n) is 1.25. The predicted octanol–water partition coefficient (Wildman–Crippen LogP) is 3.38. The molecule has 2 aromatic rings. The summed E-state index contributed by atoms with van der Waals surface area (Å²) >= 11 is 1.80. The van der Waals surface area contributed by atoms with Crippen molar-refractivity contribution in [3.8, 4) is 11.5 Å². The van der Waals surface area contributed by atoms with Crippen LogP contribution in [0.3, 0.4) is 0 Å². The van der Waals surface area contributed by atoms with Gasteiger partial charge in [-0.2, -0.15) is 0 Å². The maximum atomic E-state index is 5.58. The van der Waals surface area contributed by atoms with Crippen LogP contribution in [0.2, 0.25) is 0 Å². The van der Waals surface area contributed by atoms with Crippen molar-refractivity contribution in [2.24, 2.45) is 0 Å². The van der Waals surface area contributed by atoms with E-state index in [0.29, 0.717) is 17.0 Å². The molecule has 0 spiro atoms. The molecule has 0 saturated carbocycles. The number of benzene rings is 1. The van der Waals surface area contributed by atoms with E-state index >= 15 is 0 Å². The van der Waals surface area contributed by atoms with Crippen LogP contribution in [0.25, 0.3) is 11.5 Å². The molecule has 1 aromatic carbocycles. The molecule has 1 aromatic heterocycles. The van der Waals surface area contributed by atoms with Crippen LogP contribution < -0.4 is 0 Å². The molecule has 0 unspecified atom stereocenters. The molecule has 0 fully saturated rings. The molecule has 4 heteroatoms. The molecule has 3 nitrogen and oxygen atoms in total. The van der Waals surface area contributed by atoms with Crippen molar-refractivity contribution in [3.63, 3.8) is 0 Å². The molecule has 16 heavy (non-hydrogen) atoms. The summed E-state index contributed by atoms with van der Waals surface area (Å²) in [5, 5.41) is 8.64. The van der Waals surface area contributed by atoms with Gasteiger partial charge in [-0.05, 0) is 17.4 Å². The van der Waals surface area contributed by atoms with Gasteiger partial charge in [-0.25, -0.2) is 0 Å². The van der Waals surface area contributed by atoms with Gasteiger partial charge in [0.2, 0.25) is 11.8 Å². The molecular weight excluding hydrogens is 220 g/mol. The second-order valence-corrected chi connectivity index (χ2v) is 5.29. The van der Waals surface area contributed by atoms with E-state index in [0.717, 1.165) is 11.3 Å². The molecule has 0 atom stereocenters. The number of aromatic nitrogens is 2. The van der Waals surface area contributed by atoms with Gasteiger partial charge in [0.25, 0.3) is 0 Å². The summed E-state index contributed by atoms with van der Waals surface area (Å²) in [7, 11) is 0. The van der Waals surface area contributed by atoms with Gasteiger partial charge in [-0.1, -0.05) is 32.0 Å². The van der Waals surface area contributed by atoms with Gasteiger partial charge in [-0.15, -0.1) is 22.0 Å². The highest BCUT2D eigenvalue weighted by molar-refractivity contribution is 7.99. The van der Waals surface area contributed by atoms with E-state index in [9.17, 15) is 0 Å². The van der Waals surface area contributed by atoms with Crippen molar-refractivity contribution in [1.29, 1.82) is 0 Å². The van der Waals surface area contributed by atoms with Crippen molar-refractivity contribution < 1.29 is 4.42 Å². The van der Waals surface area contributed by atoms with E-state index in [2.05, 4.69) is 24.0 Å². The Kier molecular flexibility index (Phi) is 3.62. The lowest BCUT2D eigenvalue weighted by molar-refractivity contribution is 0.528. The van der Waals surface area contributed by atoms with E-state index in [1.165, 1.54) is 0 Å². The topological polar surface area (TPSA) is 38.9 Å². The molecule has 0 aliphatic carbocycles. The maximum Gasteiger partial charge on any atom is 0.247 e. The van der Waals surface area contributed by atoms with Crippen LogP contribution >= 0.6 is 11.8 Å². The fourth-order valence-corrected chi connectivity index (χ4v) is 1.84. The first-order chi connectivity index (χ1) is 7.75. The van der Waals surface area contributed by atoms with Crippen molar-refractivity contribution in [1.82, 2.24) is 10.2 Å². The summed E-state index contributed by atoms with van der Waals surface area (Å²) in [4.78, 5) is 0. The van der Waals surface area contributed by atoms with Gasteiger partial charge in [0, 0.05) is 5.56 Å². The Morgan fingerprint density at radius 2 is 1.94 bits per heavy atom. The molecule has 2 rings (SSSR count).